The molecule has 138 valence electrons. The number of benzene rings is 1. The summed E-state index contributed by atoms with van der Waals surface area (Å²) in [6.07, 6.45) is 3.72. The van der Waals surface area contributed by atoms with Gasteiger partial charge in [0.25, 0.3) is 0 Å². The molecule has 0 saturated carbocycles. The standard InChI is InChI=1S/C20H25N3O3/c24-20(21-17-5-3-16(4-6-17)19-2-1-13-26-19)23-9-7-18(8-10-23)22-11-14-25-15-12-22/h1-6,13,18H,7-12,14-15H2,(H,21,24). The number of likely N-dealkylation sites (tertiary alicyclic amines) is 1. The second-order valence-electron chi connectivity index (χ2n) is 6.85. The molecule has 0 atom stereocenters. The van der Waals surface area contributed by atoms with Gasteiger partial charge in [-0.05, 0) is 49.2 Å². The zero-order valence-corrected chi connectivity index (χ0v) is 14.9. The van der Waals surface area contributed by atoms with E-state index in [0.29, 0.717) is 6.04 Å². The SMILES string of the molecule is O=C(Nc1ccc(-c2ccco2)cc1)N1CCC(N2CCOCC2)CC1. The Bertz CT molecular complexity index is 700. The van der Waals surface area contributed by atoms with Crippen LogP contribution in [0.25, 0.3) is 11.3 Å². The van der Waals surface area contributed by atoms with Gasteiger partial charge in [0.15, 0.2) is 0 Å². The zero-order valence-electron chi connectivity index (χ0n) is 14.9. The molecule has 6 heteroatoms. The lowest BCUT2D eigenvalue weighted by Crippen LogP contribution is -2.50. The summed E-state index contributed by atoms with van der Waals surface area (Å²) in [6, 6.07) is 12.1. The second-order valence-corrected chi connectivity index (χ2v) is 6.85. The van der Waals surface area contributed by atoms with Crippen molar-refractivity contribution in [1.29, 1.82) is 0 Å². The Morgan fingerprint density at radius 1 is 1.00 bits per heavy atom. The van der Waals surface area contributed by atoms with Gasteiger partial charge in [0, 0.05) is 43.5 Å². The normalized spacial score (nSPS) is 19.5. The molecule has 0 aliphatic carbocycles. The molecule has 0 radical (unpaired) electrons. The number of piperidine rings is 1. The van der Waals surface area contributed by atoms with Gasteiger partial charge in [0.2, 0.25) is 0 Å². The zero-order chi connectivity index (χ0) is 17.8. The minimum atomic E-state index is -0.0174. The number of carbonyl (C=O) groups excluding carboxylic acids is 1. The Labute approximate surface area is 153 Å². The molecule has 6 nitrogen and oxygen atoms in total. The molecule has 2 aliphatic heterocycles. The summed E-state index contributed by atoms with van der Waals surface area (Å²) in [4.78, 5) is 16.9. The van der Waals surface area contributed by atoms with Gasteiger partial charge in [-0.1, -0.05) is 0 Å². The van der Waals surface area contributed by atoms with Crippen molar-refractivity contribution in [3.8, 4) is 11.3 Å². The van der Waals surface area contributed by atoms with E-state index in [0.717, 1.165) is 69.2 Å². The summed E-state index contributed by atoms with van der Waals surface area (Å²) in [5.74, 6) is 0.827. The fourth-order valence-corrected chi connectivity index (χ4v) is 3.74. The van der Waals surface area contributed by atoms with Crippen LogP contribution in [0.15, 0.2) is 47.1 Å². The Kier molecular flexibility index (Phi) is 5.22. The van der Waals surface area contributed by atoms with E-state index in [1.807, 2.05) is 41.3 Å². The number of urea groups is 1. The molecule has 2 aromatic rings. The van der Waals surface area contributed by atoms with Gasteiger partial charge in [-0.2, -0.15) is 0 Å². The van der Waals surface area contributed by atoms with Gasteiger partial charge in [-0.15, -0.1) is 0 Å². The van der Waals surface area contributed by atoms with Crippen molar-refractivity contribution in [3.63, 3.8) is 0 Å². The minimum Gasteiger partial charge on any atom is -0.464 e. The molecule has 2 amide bonds. The Morgan fingerprint density at radius 2 is 1.73 bits per heavy atom. The van der Waals surface area contributed by atoms with Crippen LogP contribution in [0.5, 0.6) is 0 Å². The highest BCUT2D eigenvalue weighted by Gasteiger charge is 2.27. The van der Waals surface area contributed by atoms with Crippen molar-refractivity contribution >= 4 is 11.7 Å². The van der Waals surface area contributed by atoms with Crippen LogP contribution in [0, 0.1) is 0 Å². The molecule has 1 N–H and O–H groups in total. The molecule has 0 spiro atoms. The third-order valence-corrected chi connectivity index (χ3v) is 5.26. The van der Waals surface area contributed by atoms with Crippen LogP contribution in [0.1, 0.15) is 12.8 Å². The summed E-state index contributed by atoms with van der Waals surface area (Å²) < 4.78 is 10.8. The number of nitrogens with zero attached hydrogens (tertiary/aromatic N) is 2. The van der Waals surface area contributed by atoms with E-state index in [1.54, 1.807) is 6.26 Å². The van der Waals surface area contributed by atoms with Crippen molar-refractivity contribution in [1.82, 2.24) is 9.80 Å². The number of anilines is 1. The highest BCUT2D eigenvalue weighted by molar-refractivity contribution is 5.89. The van der Waals surface area contributed by atoms with Gasteiger partial charge < -0.3 is 19.4 Å². The molecule has 1 aromatic carbocycles. The lowest BCUT2D eigenvalue weighted by atomic mass is 10.0. The van der Waals surface area contributed by atoms with E-state index in [2.05, 4.69) is 10.2 Å². The van der Waals surface area contributed by atoms with E-state index < -0.39 is 0 Å². The monoisotopic (exact) mass is 355 g/mol. The predicted octanol–water partition coefficient (Wildman–Crippen LogP) is 3.28. The molecular weight excluding hydrogens is 330 g/mol. The van der Waals surface area contributed by atoms with E-state index in [1.165, 1.54) is 0 Å². The number of rotatable bonds is 3. The van der Waals surface area contributed by atoms with Crippen molar-refractivity contribution in [2.24, 2.45) is 0 Å². The first-order valence-electron chi connectivity index (χ1n) is 9.31. The summed E-state index contributed by atoms with van der Waals surface area (Å²) >= 11 is 0. The number of furan rings is 1. The molecule has 26 heavy (non-hydrogen) atoms. The van der Waals surface area contributed by atoms with E-state index in [-0.39, 0.29) is 6.03 Å². The molecule has 4 rings (SSSR count). The number of carbonyl (C=O) groups is 1. The number of hydrogen-bond donors (Lipinski definition) is 1. The molecule has 2 aliphatic rings. The topological polar surface area (TPSA) is 58.0 Å². The maximum Gasteiger partial charge on any atom is 0.321 e. The lowest BCUT2D eigenvalue weighted by Gasteiger charge is -2.40. The highest BCUT2D eigenvalue weighted by Crippen LogP contribution is 2.23. The first-order chi connectivity index (χ1) is 12.8. The third-order valence-electron chi connectivity index (χ3n) is 5.26. The summed E-state index contributed by atoms with van der Waals surface area (Å²) in [6.45, 7) is 5.29. The highest BCUT2D eigenvalue weighted by atomic mass is 16.5. The molecule has 0 unspecified atom stereocenters. The predicted molar refractivity (Wildman–Crippen MR) is 100 cm³/mol. The van der Waals surface area contributed by atoms with Crippen molar-refractivity contribution in [2.45, 2.75) is 18.9 Å². The quantitative estimate of drug-likeness (QED) is 0.918. The lowest BCUT2D eigenvalue weighted by molar-refractivity contribution is 0.00419. The van der Waals surface area contributed by atoms with Crippen LogP contribution in [-0.2, 0) is 4.74 Å². The molecule has 2 saturated heterocycles. The first kappa shape index (κ1) is 17.1. The van der Waals surface area contributed by atoms with Gasteiger partial charge in [-0.3, -0.25) is 4.90 Å². The molecule has 3 heterocycles. The number of nitrogens with one attached hydrogen (secondary N) is 1. The van der Waals surface area contributed by atoms with Crippen molar-refractivity contribution in [3.05, 3.63) is 42.7 Å². The van der Waals surface area contributed by atoms with Gasteiger partial charge in [0.1, 0.15) is 5.76 Å². The van der Waals surface area contributed by atoms with Crippen LogP contribution < -0.4 is 5.32 Å². The average molecular weight is 355 g/mol. The first-order valence-corrected chi connectivity index (χ1v) is 9.31. The smallest absolute Gasteiger partial charge is 0.321 e. The minimum absolute atomic E-state index is 0.0174. The van der Waals surface area contributed by atoms with Crippen LogP contribution in [-0.4, -0.2) is 61.3 Å². The van der Waals surface area contributed by atoms with E-state index in [9.17, 15) is 4.79 Å². The number of hydrogen-bond acceptors (Lipinski definition) is 4. The Hall–Kier alpha value is -2.31. The fourth-order valence-electron chi connectivity index (χ4n) is 3.74. The fraction of sp³-hybridized carbons (Fsp3) is 0.450. The molecule has 1 aromatic heterocycles. The summed E-state index contributed by atoms with van der Waals surface area (Å²) in [5, 5.41) is 3.00. The average Bonchev–Trinajstić information content (AvgIpc) is 3.24. The Balaban J connectivity index is 1.28. The Morgan fingerprint density at radius 3 is 2.38 bits per heavy atom. The van der Waals surface area contributed by atoms with Crippen LogP contribution in [0.3, 0.4) is 0 Å². The molecule has 0 bridgehead atoms. The second kappa shape index (κ2) is 7.93. The maximum absolute atomic E-state index is 12.5. The van der Waals surface area contributed by atoms with Crippen molar-refractivity contribution < 1.29 is 13.9 Å². The molecular formula is C20H25N3O3. The van der Waals surface area contributed by atoms with Gasteiger partial charge in [-0.25, -0.2) is 4.79 Å². The number of ether oxygens (including phenoxy) is 1. The van der Waals surface area contributed by atoms with Crippen LogP contribution in [0.2, 0.25) is 0 Å². The number of amides is 2. The van der Waals surface area contributed by atoms with E-state index >= 15 is 0 Å². The van der Waals surface area contributed by atoms with Crippen LogP contribution in [0.4, 0.5) is 10.5 Å². The summed E-state index contributed by atoms with van der Waals surface area (Å²) in [7, 11) is 0. The third kappa shape index (κ3) is 3.92. The van der Waals surface area contributed by atoms with Gasteiger partial charge >= 0.3 is 6.03 Å². The van der Waals surface area contributed by atoms with Gasteiger partial charge in [0.05, 0.1) is 19.5 Å². The maximum atomic E-state index is 12.5. The van der Waals surface area contributed by atoms with E-state index in [4.69, 9.17) is 9.15 Å². The molecule has 2 fully saturated rings. The summed E-state index contributed by atoms with van der Waals surface area (Å²) in [5.41, 5.74) is 1.81. The number of morpholine rings is 1. The largest absolute Gasteiger partial charge is 0.464 e. The van der Waals surface area contributed by atoms with Crippen LogP contribution >= 0.6 is 0 Å². The van der Waals surface area contributed by atoms with Crippen molar-refractivity contribution in [2.75, 3.05) is 44.7 Å².